The highest BCUT2D eigenvalue weighted by molar-refractivity contribution is 14.1. The average Bonchev–Trinajstić information content (AvgIpc) is 2.67. The fourth-order valence-electron chi connectivity index (χ4n) is 3.35. The maximum atomic E-state index is 12.4. The number of anilines is 1. The molecule has 150 valence electrons. The van der Waals surface area contributed by atoms with Crippen LogP contribution in [0.2, 0.25) is 0 Å². The molecule has 0 radical (unpaired) electrons. The number of hydrogen-bond donors (Lipinski definition) is 1. The zero-order valence-corrected chi connectivity index (χ0v) is 18.6. The highest BCUT2D eigenvalue weighted by Crippen LogP contribution is 2.29. The Hall–Kier alpha value is -1.80. The van der Waals surface area contributed by atoms with Gasteiger partial charge in [0.1, 0.15) is 6.10 Å². The number of halogens is 1. The second-order valence-electron chi connectivity index (χ2n) is 6.98. The van der Waals surface area contributed by atoms with Crippen LogP contribution in [0.3, 0.4) is 0 Å². The molecule has 0 atom stereocenters. The standard InChI is InChI=1S/C22H27IN2O3/c1-3-27-20-6-4-5-7-21(20)28-18-10-12-25(13-11-18)15-22(26)24-19-9-8-17(23)14-16(19)2/h4-9,14,18H,3,10-13,15H2,1-2H3,(H,24,26). The summed E-state index contributed by atoms with van der Waals surface area (Å²) in [4.78, 5) is 14.6. The Kier molecular flexibility index (Phi) is 7.56. The lowest BCUT2D eigenvalue weighted by Crippen LogP contribution is -2.42. The van der Waals surface area contributed by atoms with Crippen molar-refractivity contribution in [3.05, 3.63) is 51.6 Å². The van der Waals surface area contributed by atoms with Gasteiger partial charge >= 0.3 is 0 Å². The number of carbonyl (C=O) groups excluding carboxylic acids is 1. The maximum absolute atomic E-state index is 12.4. The zero-order valence-electron chi connectivity index (χ0n) is 16.4. The predicted octanol–water partition coefficient (Wildman–Crippen LogP) is 4.48. The van der Waals surface area contributed by atoms with Crippen LogP contribution in [-0.4, -0.2) is 43.2 Å². The van der Waals surface area contributed by atoms with Gasteiger partial charge in [0.15, 0.2) is 11.5 Å². The third kappa shape index (κ3) is 5.85. The number of amides is 1. The van der Waals surface area contributed by atoms with Crippen LogP contribution >= 0.6 is 22.6 Å². The number of hydrogen-bond acceptors (Lipinski definition) is 4. The molecule has 3 rings (SSSR count). The molecule has 0 unspecified atom stereocenters. The molecule has 0 bridgehead atoms. The summed E-state index contributed by atoms with van der Waals surface area (Å²) in [6.07, 6.45) is 1.95. The highest BCUT2D eigenvalue weighted by atomic mass is 127. The van der Waals surface area contributed by atoms with Crippen LogP contribution < -0.4 is 14.8 Å². The number of nitrogens with zero attached hydrogens (tertiary/aromatic N) is 1. The van der Waals surface area contributed by atoms with Gasteiger partial charge in [0, 0.05) is 22.3 Å². The van der Waals surface area contributed by atoms with E-state index < -0.39 is 0 Å². The molecule has 0 aromatic heterocycles. The van der Waals surface area contributed by atoms with Crippen LogP contribution in [0.5, 0.6) is 11.5 Å². The largest absolute Gasteiger partial charge is 0.490 e. The fourth-order valence-corrected chi connectivity index (χ4v) is 3.99. The first-order valence-corrected chi connectivity index (χ1v) is 10.8. The summed E-state index contributed by atoms with van der Waals surface area (Å²) in [6.45, 7) is 6.71. The van der Waals surface area contributed by atoms with E-state index in [0.717, 1.165) is 48.7 Å². The second-order valence-corrected chi connectivity index (χ2v) is 8.23. The van der Waals surface area contributed by atoms with Gasteiger partial charge in [-0.25, -0.2) is 0 Å². The Labute approximate surface area is 180 Å². The monoisotopic (exact) mass is 494 g/mol. The van der Waals surface area contributed by atoms with E-state index in [1.54, 1.807) is 0 Å². The van der Waals surface area contributed by atoms with Gasteiger partial charge in [0.2, 0.25) is 5.91 Å². The number of piperidine rings is 1. The summed E-state index contributed by atoms with van der Waals surface area (Å²) in [5.41, 5.74) is 1.97. The van der Waals surface area contributed by atoms with Gasteiger partial charge in [-0.2, -0.15) is 0 Å². The summed E-state index contributed by atoms with van der Waals surface area (Å²) in [6, 6.07) is 13.8. The summed E-state index contributed by atoms with van der Waals surface area (Å²) < 4.78 is 13.0. The quantitative estimate of drug-likeness (QED) is 0.577. The molecular formula is C22H27IN2O3. The smallest absolute Gasteiger partial charge is 0.238 e. The molecule has 5 nitrogen and oxygen atoms in total. The van der Waals surface area contributed by atoms with Crippen LogP contribution in [0.15, 0.2) is 42.5 Å². The first-order valence-electron chi connectivity index (χ1n) is 9.72. The number of likely N-dealkylation sites (tertiary alicyclic amines) is 1. The molecule has 1 amide bonds. The molecule has 2 aromatic carbocycles. The number of nitrogens with one attached hydrogen (secondary N) is 1. The summed E-state index contributed by atoms with van der Waals surface area (Å²) in [5, 5.41) is 3.03. The fraction of sp³-hybridized carbons (Fsp3) is 0.409. The van der Waals surface area contributed by atoms with E-state index in [4.69, 9.17) is 9.47 Å². The number of aryl methyl sites for hydroxylation is 1. The van der Waals surface area contributed by atoms with Crippen molar-refractivity contribution in [2.75, 3.05) is 31.6 Å². The molecular weight excluding hydrogens is 467 g/mol. The van der Waals surface area contributed by atoms with E-state index >= 15 is 0 Å². The van der Waals surface area contributed by atoms with Crippen LogP contribution in [0, 0.1) is 10.5 Å². The molecule has 2 aromatic rings. The topological polar surface area (TPSA) is 50.8 Å². The Morgan fingerprint density at radius 3 is 2.57 bits per heavy atom. The van der Waals surface area contributed by atoms with Crippen molar-refractivity contribution < 1.29 is 14.3 Å². The number of rotatable bonds is 7. The van der Waals surface area contributed by atoms with E-state index in [-0.39, 0.29) is 12.0 Å². The molecule has 0 saturated carbocycles. The van der Waals surface area contributed by atoms with E-state index in [1.165, 1.54) is 3.57 Å². The first kappa shape index (κ1) is 20.9. The van der Waals surface area contributed by atoms with Crippen molar-refractivity contribution in [3.8, 4) is 11.5 Å². The number of benzene rings is 2. The highest BCUT2D eigenvalue weighted by Gasteiger charge is 2.23. The van der Waals surface area contributed by atoms with Gasteiger partial charge in [-0.15, -0.1) is 0 Å². The Bertz CT molecular complexity index is 804. The van der Waals surface area contributed by atoms with Gasteiger partial charge in [-0.05, 0) is 85.2 Å². The Morgan fingerprint density at radius 2 is 1.89 bits per heavy atom. The van der Waals surface area contributed by atoms with Crippen LogP contribution in [-0.2, 0) is 4.79 Å². The summed E-state index contributed by atoms with van der Waals surface area (Å²) >= 11 is 2.28. The average molecular weight is 494 g/mol. The van der Waals surface area contributed by atoms with E-state index in [9.17, 15) is 4.79 Å². The van der Waals surface area contributed by atoms with Gasteiger partial charge in [-0.3, -0.25) is 9.69 Å². The lowest BCUT2D eigenvalue weighted by Gasteiger charge is -2.32. The Balaban J connectivity index is 1.47. The van der Waals surface area contributed by atoms with Crippen LogP contribution in [0.25, 0.3) is 0 Å². The molecule has 6 heteroatoms. The van der Waals surface area contributed by atoms with Crippen molar-refractivity contribution in [1.82, 2.24) is 4.90 Å². The minimum atomic E-state index is 0.0327. The molecule has 1 aliphatic heterocycles. The molecule has 1 heterocycles. The maximum Gasteiger partial charge on any atom is 0.238 e. The van der Waals surface area contributed by atoms with Crippen molar-refractivity contribution in [2.45, 2.75) is 32.8 Å². The van der Waals surface area contributed by atoms with Crippen molar-refractivity contribution in [2.24, 2.45) is 0 Å². The predicted molar refractivity (Wildman–Crippen MR) is 120 cm³/mol. The van der Waals surface area contributed by atoms with Crippen molar-refractivity contribution in [3.63, 3.8) is 0 Å². The molecule has 0 spiro atoms. The normalized spacial score (nSPS) is 15.2. The van der Waals surface area contributed by atoms with Crippen molar-refractivity contribution >= 4 is 34.2 Å². The number of para-hydroxylation sites is 2. The van der Waals surface area contributed by atoms with E-state index in [0.29, 0.717) is 13.2 Å². The van der Waals surface area contributed by atoms with Crippen LogP contribution in [0.4, 0.5) is 5.69 Å². The van der Waals surface area contributed by atoms with Gasteiger partial charge < -0.3 is 14.8 Å². The third-order valence-corrected chi connectivity index (χ3v) is 5.48. The van der Waals surface area contributed by atoms with E-state index in [2.05, 4.69) is 38.9 Å². The molecule has 1 fully saturated rings. The minimum Gasteiger partial charge on any atom is -0.490 e. The number of carbonyl (C=O) groups is 1. The molecule has 1 saturated heterocycles. The lowest BCUT2D eigenvalue weighted by molar-refractivity contribution is -0.117. The van der Waals surface area contributed by atoms with Gasteiger partial charge in [0.05, 0.1) is 13.2 Å². The van der Waals surface area contributed by atoms with Crippen LogP contribution in [0.1, 0.15) is 25.3 Å². The molecule has 1 N–H and O–H groups in total. The summed E-state index contributed by atoms with van der Waals surface area (Å²) in [5.74, 6) is 1.62. The van der Waals surface area contributed by atoms with Gasteiger partial charge in [-0.1, -0.05) is 12.1 Å². The number of ether oxygens (including phenoxy) is 2. The molecule has 1 aliphatic rings. The third-order valence-electron chi connectivity index (χ3n) is 4.81. The molecule has 0 aliphatic carbocycles. The first-order chi connectivity index (χ1) is 13.5. The summed E-state index contributed by atoms with van der Waals surface area (Å²) in [7, 11) is 0. The second kappa shape index (κ2) is 10.1. The molecule has 28 heavy (non-hydrogen) atoms. The SMILES string of the molecule is CCOc1ccccc1OC1CCN(CC(=O)Nc2ccc(I)cc2C)CC1. The van der Waals surface area contributed by atoms with E-state index in [1.807, 2.05) is 50.2 Å². The minimum absolute atomic E-state index is 0.0327. The Morgan fingerprint density at radius 1 is 1.18 bits per heavy atom. The lowest BCUT2D eigenvalue weighted by atomic mass is 10.1. The van der Waals surface area contributed by atoms with Crippen molar-refractivity contribution in [1.29, 1.82) is 0 Å². The van der Waals surface area contributed by atoms with Gasteiger partial charge in [0.25, 0.3) is 0 Å². The zero-order chi connectivity index (χ0) is 19.9.